The molecule has 2 heterocycles. The number of hydrogen-bond donors (Lipinski definition) is 0. The van der Waals surface area contributed by atoms with Gasteiger partial charge in [-0.2, -0.15) is 0 Å². The van der Waals surface area contributed by atoms with Gasteiger partial charge >= 0.3 is 6.03 Å². The Balaban J connectivity index is 2.19. The number of hydrogen-bond acceptors (Lipinski definition) is 3. The summed E-state index contributed by atoms with van der Waals surface area (Å²) in [5.41, 5.74) is 1.69. The Labute approximate surface area is 135 Å². The maximum Gasteiger partial charge on any atom is 0.331 e. The Morgan fingerprint density at radius 3 is 2.77 bits per heavy atom. The van der Waals surface area contributed by atoms with Crippen molar-refractivity contribution in [2.75, 3.05) is 24.4 Å². The number of alkyl halides is 1. The van der Waals surface area contributed by atoms with Gasteiger partial charge in [0.05, 0.1) is 17.1 Å². The van der Waals surface area contributed by atoms with E-state index in [1.54, 1.807) is 4.57 Å². The molecule has 1 unspecified atom stereocenters. The number of imidazole rings is 1. The smallest absolute Gasteiger partial charge is 0.331 e. The second-order valence-electron chi connectivity index (χ2n) is 6.01. The summed E-state index contributed by atoms with van der Waals surface area (Å²) >= 11 is 5.97. The van der Waals surface area contributed by atoms with E-state index in [2.05, 4.69) is 9.88 Å². The van der Waals surface area contributed by atoms with Crippen molar-refractivity contribution in [3.8, 4) is 0 Å². The first-order valence-electron chi connectivity index (χ1n) is 7.62. The van der Waals surface area contributed by atoms with Gasteiger partial charge in [-0.05, 0) is 32.4 Å². The lowest BCUT2D eigenvalue weighted by Gasteiger charge is -2.30. The fraction of sp³-hybridized carbons (Fsp3) is 0.500. The Hall–Kier alpha value is -1.75. The van der Waals surface area contributed by atoms with Crippen molar-refractivity contribution in [1.29, 1.82) is 0 Å². The molecule has 0 radical (unpaired) electrons. The Bertz CT molecular complexity index is 697. The van der Waals surface area contributed by atoms with Crippen LogP contribution >= 0.6 is 11.6 Å². The fourth-order valence-electron chi connectivity index (χ4n) is 3.00. The topological polar surface area (TPSA) is 41.4 Å². The van der Waals surface area contributed by atoms with Gasteiger partial charge in [0.25, 0.3) is 0 Å². The summed E-state index contributed by atoms with van der Waals surface area (Å²) < 4.78 is 1.73. The van der Waals surface area contributed by atoms with Crippen molar-refractivity contribution < 1.29 is 4.79 Å². The maximum atomic E-state index is 13.0. The summed E-state index contributed by atoms with van der Waals surface area (Å²) in [6.07, 6.45) is 0.817. The zero-order valence-electron chi connectivity index (χ0n) is 13.2. The van der Waals surface area contributed by atoms with Crippen LogP contribution in [0.5, 0.6) is 0 Å². The van der Waals surface area contributed by atoms with Crippen LogP contribution in [0.1, 0.15) is 20.3 Å². The first-order chi connectivity index (χ1) is 10.5. The summed E-state index contributed by atoms with van der Waals surface area (Å²) in [6.45, 7) is 4.75. The van der Waals surface area contributed by atoms with Crippen LogP contribution in [0.25, 0.3) is 11.0 Å². The third-order valence-corrected chi connectivity index (χ3v) is 4.53. The summed E-state index contributed by atoms with van der Waals surface area (Å²) in [7, 11) is 1.99. The first-order valence-corrected chi connectivity index (χ1v) is 8.15. The lowest BCUT2D eigenvalue weighted by atomic mass is 10.1. The van der Waals surface area contributed by atoms with Gasteiger partial charge in [0.1, 0.15) is 0 Å². The van der Waals surface area contributed by atoms with Crippen molar-refractivity contribution in [1.82, 2.24) is 14.5 Å². The van der Waals surface area contributed by atoms with Crippen LogP contribution in [0.15, 0.2) is 24.3 Å². The molecule has 1 aromatic heterocycles. The lowest BCUT2D eigenvalue weighted by molar-refractivity contribution is 0.185. The van der Waals surface area contributed by atoms with E-state index in [1.165, 1.54) is 0 Å². The number of nitrogens with zero attached hydrogens (tertiary/aromatic N) is 4. The summed E-state index contributed by atoms with van der Waals surface area (Å²) in [6, 6.07) is 8.05. The van der Waals surface area contributed by atoms with Crippen molar-refractivity contribution in [3.05, 3.63) is 24.3 Å². The number of halogens is 1. The molecule has 22 heavy (non-hydrogen) atoms. The molecule has 2 aromatic rings. The lowest BCUT2D eigenvalue weighted by Crippen LogP contribution is -2.45. The number of aromatic nitrogens is 2. The van der Waals surface area contributed by atoms with Crippen LogP contribution in [0.3, 0.4) is 0 Å². The largest absolute Gasteiger partial charge is 0.340 e. The van der Waals surface area contributed by atoms with E-state index < -0.39 is 0 Å². The van der Waals surface area contributed by atoms with Crippen LogP contribution in [-0.4, -0.2) is 52.0 Å². The van der Waals surface area contributed by atoms with E-state index in [0.717, 1.165) is 17.5 Å². The molecule has 0 saturated heterocycles. The normalized spacial score (nSPS) is 19.0. The molecule has 1 aromatic carbocycles. The molecular formula is C16H21ClN4O. The van der Waals surface area contributed by atoms with Gasteiger partial charge in [-0.1, -0.05) is 12.1 Å². The molecule has 0 bridgehead atoms. The molecule has 118 valence electrons. The average molecular weight is 321 g/mol. The number of likely N-dealkylation sites (N-methyl/N-ethyl adjacent to an activating group) is 1. The quantitative estimate of drug-likeness (QED) is 0.816. The maximum absolute atomic E-state index is 13.0. The number of rotatable bonds is 3. The molecule has 0 aliphatic carbocycles. The number of anilines is 1. The minimum absolute atomic E-state index is 0.0115. The van der Waals surface area contributed by atoms with Gasteiger partial charge in [0.2, 0.25) is 5.95 Å². The highest BCUT2D eigenvalue weighted by molar-refractivity contribution is 6.17. The van der Waals surface area contributed by atoms with Crippen molar-refractivity contribution >= 4 is 34.6 Å². The van der Waals surface area contributed by atoms with Crippen molar-refractivity contribution in [2.24, 2.45) is 0 Å². The highest BCUT2D eigenvalue weighted by atomic mass is 35.5. The van der Waals surface area contributed by atoms with Crippen LogP contribution in [0.2, 0.25) is 0 Å². The Morgan fingerprint density at radius 2 is 2.09 bits per heavy atom. The molecule has 1 atom stereocenters. The average Bonchev–Trinajstić information content (AvgIpc) is 2.84. The number of benzene rings is 1. The minimum Gasteiger partial charge on any atom is -0.340 e. The highest BCUT2D eigenvalue weighted by Crippen LogP contribution is 2.28. The summed E-state index contributed by atoms with van der Waals surface area (Å²) in [5, 5.41) is 0. The van der Waals surface area contributed by atoms with Gasteiger partial charge < -0.3 is 9.80 Å². The van der Waals surface area contributed by atoms with E-state index in [0.29, 0.717) is 18.4 Å². The molecule has 0 saturated carbocycles. The third-order valence-electron chi connectivity index (χ3n) is 4.32. The van der Waals surface area contributed by atoms with Gasteiger partial charge in [-0.25, -0.2) is 14.3 Å². The van der Waals surface area contributed by atoms with Gasteiger partial charge in [-0.3, -0.25) is 0 Å². The molecule has 1 amide bonds. The molecule has 5 nitrogen and oxygen atoms in total. The van der Waals surface area contributed by atoms with Crippen LogP contribution in [0.4, 0.5) is 10.7 Å². The van der Waals surface area contributed by atoms with Crippen LogP contribution in [0, 0.1) is 0 Å². The van der Waals surface area contributed by atoms with Crippen LogP contribution < -0.4 is 4.90 Å². The van der Waals surface area contributed by atoms with E-state index in [4.69, 9.17) is 11.6 Å². The molecule has 1 aliphatic rings. The molecular weight excluding hydrogens is 300 g/mol. The van der Waals surface area contributed by atoms with E-state index in [1.807, 2.05) is 50.1 Å². The molecule has 0 N–H and O–H groups in total. The van der Waals surface area contributed by atoms with E-state index in [9.17, 15) is 4.79 Å². The third kappa shape index (κ3) is 2.33. The number of para-hydroxylation sites is 2. The van der Waals surface area contributed by atoms with Crippen molar-refractivity contribution in [2.45, 2.75) is 32.4 Å². The summed E-state index contributed by atoms with van der Waals surface area (Å²) in [4.78, 5) is 21.7. The number of carbonyl (C=O) groups excluding carboxylic acids is 1. The number of fused-ring (bicyclic) bond motifs is 3. The molecule has 3 rings (SSSR count). The zero-order valence-corrected chi connectivity index (χ0v) is 13.9. The second-order valence-corrected chi connectivity index (χ2v) is 6.38. The highest BCUT2D eigenvalue weighted by Gasteiger charge is 2.34. The van der Waals surface area contributed by atoms with Gasteiger partial charge in [-0.15, -0.1) is 11.6 Å². The van der Waals surface area contributed by atoms with Crippen molar-refractivity contribution in [3.63, 3.8) is 0 Å². The van der Waals surface area contributed by atoms with Crippen LogP contribution in [-0.2, 0) is 0 Å². The van der Waals surface area contributed by atoms with E-state index >= 15 is 0 Å². The molecule has 6 heteroatoms. The molecule has 0 fully saturated rings. The zero-order chi connectivity index (χ0) is 15.9. The summed E-state index contributed by atoms with van der Waals surface area (Å²) in [5.74, 6) is 1.26. The minimum atomic E-state index is -0.0115. The standard InChI is InChI=1S/C16H21ClN4O/c1-11(2)20-10-12(8-9-17)19(3)15-18-13-6-4-5-7-14(13)21(15)16(20)22/h4-7,11-12H,8-10H2,1-3H3. The van der Waals surface area contributed by atoms with Gasteiger partial charge in [0.15, 0.2) is 0 Å². The first kappa shape index (κ1) is 15.2. The Kier molecular flexibility index (Phi) is 4.00. The molecule has 0 spiro atoms. The second kappa shape index (κ2) is 5.80. The van der Waals surface area contributed by atoms with Gasteiger partial charge in [0, 0.05) is 25.5 Å². The number of carbonyl (C=O) groups is 1. The number of amides is 1. The fourth-order valence-corrected chi connectivity index (χ4v) is 3.25. The van der Waals surface area contributed by atoms with E-state index in [-0.39, 0.29) is 18.1 Å². The SMILES string of the molecule is CC(C)N1CC(CCCl)N(C)c2nc3ccccc3n2C1=O. The predicted octanol–water partition coefficient (Wildman–Crippen LogP) is 3.16. The monoisotopic (exact) mass is 320 g/mol. The Morgan fingerprint density at radius 1 is 1.36 bits per heavy atom. The predicted molar refractivity (Wildman–Crippen MR) is 89.9 cm³/mol. The molecule has 1 aliphatic heterocycles.